The highest BCUT2D eigenvalue weighted by Gasteiger charge is 2.25. The van der Waals surface area contributed by atoms with Crippen LogP contribution in [0.3, 0.4) is 0 Å². The predicted octanol–water partition coefficient (Wildman–Crippen LogP) is 4.49. The topological polar surface area (TPSA) is 66.5 Å². The molecular weight excluding hydrogens is 391 g/mol. The van der Waals surface area contributed by atoms with Crippen molar-refractivity contribution in [2.24, 2.45) is 0 Å². The number of amides is 1. The molecule has 29 heavy (non-hydrogen) atoms. The summed E-state index contributed by atoms with van der Waals surface area (Å²) < 4.78 is 41.7. The van der Waals surface area contributed by atoms with Crippen molar-refractivity contribution in [3.63, 3.8) is 0 Å². The van der Waals surface area contributed by atoms with E-state index in [4.69, 9.17) is 0 Å². The molecule has 1 amide bonds. The van der Waals surface area contributed by atoms with E-state index in [9.17, 15) is 17.6 Å². The smallest absolute Gasteiger partial charge is 0.264 e. The maximum atomic E-state index is 13.6. The van der Waals surface area contributed by atoms with Crippen molar-refractivity contribution < 1.29 is 17.6 Å². The number of rotatable bonds is 6. The summed E-state index contributed by atoms with van der Waals surface area (Å²) in [5.41, 5.74) is 2.43. The summed E-state index contributed by atoms with van der Waals surface area (Å²) in [7, 11) is -3.93. The number of carbonyl (C=O) groups is 1. The molecule has 0 aliphatic heterocycles. The first-order valence-electron chi connectivity index (χ1n) is 8.97. The third-order valence-electron chi connectivity index (χ3n) is 4.27. The number of halogens is 1. The molecule has 3 aromatic rings. The first-order chi connectivity index (χ1) is 13.8. The third-order valence-corrected chi connectivity index (χ3v) is 6.06. The summed E-state index contributed by atoms with van der Waals surface area (Å²) in [5, 5.41) is 2.61. The Morgan fingerprint density at radius 1 is 1.00 bits per heavy atom. The number of nitrogens with zero attached hydrogens (tertiary/aromatic N) is 1. The second kappa shape index (κ2) is 8.45. The minimum absolute atomic E-state index is 0.0169. The van der Waals surface area contributed by atoms with E-state index in [0.717, 1.165) is 5.56 Å². The summed E-state index contributed by atoms with van der Waals surface area (Å²) in [4.78, 5) is 11.3. The van der Waals surface area contributed by atoms with E-state index in [1.165, 1.54) is 47.6 Å². The van der Waals surface area contributed by atoms with Gasteiger partial charge in [-0.15, -0.1) is 0 Å². The van der Waals surface area contributed by atoms with Crippen LogP contribution in [0.15, 0.2) is 77.7 Å². The van der Waals surface area contributed by atoms with Crippen LogP contribution in [-0.2, 0) is 21.4 Å². The third kappa shape index (κ3) is 5.00. The summed E-state index contributed by atoms with van der Waals surface area (Å²) in [6.07, 6.45) is 0. The Morgan fingerprint density at radius 3 is 2.31 bits per heavy atom. The van der Waals surface area contributed by atoms with Gasteiger partial charge in [0.25, 0.3) is 10.0 Å². The van der Waals surface area contributed by atoms with E-state index in [2.05, 4.69) is 5.32 Å². The van der Waals surface area contributed by atoms with Gasteiger partial charge in [-0.05, 0) is 66.6 Å². The van der Waals surface area contributed by atoms with Crippen LogP contribution in [0.25, 0.3) is 0 Å². The van der Waals surface area contributed by atoms with E-state index in [1.54, 1.807) is 30.3 Å². The molecule has 0 aliphatic carbocycles. The zero-order chi connectivity index (χ0) is 21.0. The zero-order valence-corrected chi connectivity index (χ0v) is 16.9. The minimum Gasteiger partial charge on any atom is -0.326 e. The molecule has 0 unspecified atom stereocenters. The van der Waals surface area contributed by atoms with Crippen molar-refractivity contribution in [3.8, 4) is 0 Å². The monoisotopic (exact) mass is 412 g/mol. The molecule has 1 N–H and O–H groups in total. The van der Waals surface area contributed by atoms with Gasteiger partial charge in [0.05, 0.1) is 17.1 Å². The van der Waals surface area contributed by atoms with E-state index >= 15 is 0 Å². The average molecular weight is 412 g/mol. The van der Waals surface area contributed by atoms with E-state index in [-0.39, 0.29) is 17.3 Å². The molecule has 0 radical (unpaired) electrons. The lowest BCUT2D eigenvalue weighted by atomic mass is 10.2. The van der Waals surface area contributed by atoms with Crippen LogP contribution in [0.5, 0.6) is 0 Å². The molecule has 0 saturated heterocycles. The van der Waals surface area contributed by atoms with E-state index < -0.39 is 15.8 Å². The van der Waals surface area contributed by atoms with Crippen molar-refractivity contribution in [2.75, 3.05) is 9.62 Å². The molecule has 7 heteroatoms. The van der Waals surface area contributed by atoms with Crippen LogP contribution in [0.1, 0.15) is 18.1 Å². The standard InChI is InChI=1S/C22H21FN2O3S/c1-16-5-3-8-21(13-16)25(15-18-6-4-7-19(23)14-18)29(27,28)22-11-9-20(10-12-22)24-17(2)26/h3-14H,15H2,1-2H3,(H,24,26). The number of anilines is 2. The van der Waals surface area contributed by atoms with E-state index in [1.807, 2.05) is 13.0 Å². The Labute approximate surface area is 169 Å². The van der Waals surface area contributed by atoms with Crippen LogP contribution in [0.4, 0.5) is 15.8 Å². The Hall–Kier alpha value is -3.19. The highest BCUT2D eigenvalue weighted by atomic mass is 32.2. The molecular formula is C22H21FN2O3S. The highest BCUT2D eigenvalue weighted by molar-refractivity contribution is 7.92. The van der Waals surface area contributed by atoms with Crippen LogP contribution >= 0.6 is 0 Å². The van der Waals surface area contributed by atoms with Crippen molar-refractivity contribution >= 4 is 27.3 Å². The van der Waals surface area contributed by atoms with E-state index in [0.29, 0.717) is 16.9 Å². The number of hydrogen-bond donors (Lipinski definition) is 1. The van der Waals surface area contributed by atoms with Crippen LogP contribution < -0.4 is 9.62 Å². The quantitative estimate of drug-likeness (QED) is 0.649. The van der Waals surface area contributed by atoms with Gasteiger partial charge in [-0.3, -0.25) is 9.10 Å². The summed E-state index contributed by atoms with van der Waals surface area (Å²) in [6, 6.07) is 18.9. The Bertz CT molecular complexity index is 1130. The van der Waals surface area contributed by atoms with Crippen molar-refractivity contribution in [2.45, 2.75) is 25.3 Å². The highest BCUT2D eigenvalue weighted by Crippen LogP contribution is 2.27. The largest absolute Gasteiger partial charge is 0.326 e. The summed E-state index contributed by atoms with van der Waals surface area (Å²) in [6.45, 7) is 3.23. The van der Waals surface area contributed by atoms with Gasteiger partial charge in [0.1, 0.15) is 5.82 Å². The zero-order valence-electron chi connectivity index (χ0n) is 16.1. The van der Waals surface area contributed by atoms with Gasteiger partial charge in [-0.25, -0.2) is 12.8 Å². The maximum Gasteiger partial charge on any atom is 0.264 e. The fourth-order valence-electron chi connectivity index (χ4n) is 2.94. The second-order valence-electron chi connectivity index (χ2n) is 6.69. The number of aryl methyl sites for hydroxylation is 1. The van der Waals surface area contributed by atoms with Gasteiger partial charge in [0.2, 0.25) is 5.91 Å². The van der Waals surface area contributed by atoms with Crippen LogP contribution in [0, 0.1) is 12.7 Å². The second-order valence-corrected chi connectivity index (χ2v) is 8.55. The molecule has 150 valence electrons. The fraction of sp³-hybridized carbons (Fsp3) is 0.136. The molecule has 0 saturated carbocycles. The first-order valence-corrected chi connectivity index (χ1v) is 10.4. The molecule has 0 atom stereocenters. The molecule has 0 fully saturated rings. The first kappa shape index (κ1) is 20.5. The summed E-state index contributed by atoms with van der Waals surface area (Å²) in [5.74, 6) is -0.670. The molecule has 0 bridgehead atoms. The molecule has 3 aromatic carbocycles. The molecule has 3 rings (SSSR count). The molecule has 0 spiro atoms. The number of benzene rings is 3. The Balaban J connectivity index is 2.03. The SMILES string of the molecule is CC(=O)Nc1ccc(S(=O)(=O)N(Cc2cccc(F)c2)c2cccc(C)c2)cc1. The van der Waals surface area contributed by atoms with Crippen molar-refractivity contribution in [1.29, 1.82) is 0 Å². The number of sulfonamides is 1. The molecule has 0 aromatic heterocycles. The maximum absolute atomic E-state index is 13.6. The predicted molar refractivity (Wildman–Crippen MR) is 112 cm³/mol. The lowest BCUT2D eigenvalue weighted by Crippen LogP contribution is -2.30. The fourth-order valence-corrected chi connectivity index (χ4v) is 4.38. The van der Waals surface area contributed by atoms with Gasteiger partial charge in [0.15, 0.2) is 0 Å². The number of nitrogens with one attached hydrogen (secondary N) is 1. The van der Waals surface area contributed by atoms with Crippen LogP contribution in [0.2, 0.25) is 0 Å². The average Bonchev–Trinajstić information content (AvgIpc) is 2.66. The molecule has 0 heterocycles. The van der Waals surface area contributed by atoms with Crippen LogP contribution in [-0.4, -0.2) is 14.3 Å². The lowest BCUT2D eigenvalue weighted by Gasteiger charge is -2.25. The number of hydrogen-bond acceptors (Lipinski definition) is 3. The molecule has 0 aliphatic rings. The van der Waals surface area contributed by atoms with Crippen molar-refractivity contribution in [3.05, 3.63) is 89.7 Å². The van der Waals surface area contributed by atoms with Crippen molar-refractivity contribution in [1.82, 2.24) is 0 Å². The number of carbonyl (C=O) groups excluding carboxylic acids is 1. The minimum atomic E-state index is -3.93. The van der Waals surface area contributed by atoms with Gasteiger partial charge in [0, 0.05) is 12.6 Å². The Kier molecular flexibility index (Phi) is 5.98. The Morgan fingerprint density at radius 2 is 1.69 bits per heavy atom. The molecule has 5 nitrogen and oxygen atoms in total. The normalized spacial score (nSPS) is 11.1. The van der Waals surface area contributed by atoms with Gasteiger partial charge >= 0.3 is 0 Å². The van der Waals surface area contributed by atoms with Gasteiger partial charge in [-0.1, -0.05) is 24.3 Å². The summed E-state index contributed by atoms with van der Waals surface area (Å²) >= 11 is 0. The lowest BCUT2D eigenvalue weighted by molar-refractivity contribution is -0.114. The van der Waals surface area contributed by atoms with Gasteiger partial charge < -0.3 is 5.32 Å². The van der Waals surface area contributed by atoms with Gasteiger partial charge in [-0.2, -0.15) is 0 Å².